The Balaban J connectivity index is 1.28. The van der Waals surface area contributed by atoms with Crippen LogP contribution >= 0.6 is 0 Å². The fraction of sp³-hybridized carbons (Fsp3) is 0.111. The van der Waals surface area contributed by atoms with Crippen molar-refractivity contribution in [1.29, 1.82) is 0 Å². The van der Waals surface area contributed by atoms with Crippen LogP contribution in [0, 0.1) is 11.6 Å². The molecule has 2 aromatic heterocycles. The number of hydrogen-bond donors (Lipinski definition) is 2. The number of rotatable bonds is 11. The Morgan fingerprint density at radius 2 is 1.74 bits per heavy atom. The third kappa shape index (κ3) is 6.47. The maximum Gasteiger partial charge on any atom is 0.293 e. The Labute approximate surface area is 236 Å². The summed E-state index contributed by atoms with van der Waals surface area (Å²) in [6.45, 7) is -0.00193. The van der Waals surface area contributed by atoms with Crippen molar-refractivity contribution < 1.29 is 32.4 Å². The monoisotopic (exact) mass is 576 g/mol. The summed E-state index contributed by atoms with van der Waals surface area (Å²) >= 11 is 0. The normalized spacial score (nSPS) is 11.0. The molecule has 214 valence electrons. The molecule has 0 atom stereocenters. The second-order valence-corrected chi connectivity index (χ2v) is 8.54. The van der Waals surface area contributed by atoms with Crippen LogP contribution in [-0.2, 0) is 13.2 Å². The highest BCUT2D eigenvalue weighted by atomic mass is 19.1. The molecule has 0 saturated carbocycles. The first-order valence-corrected chi connectivity index (χ1v) is 12.2. The molecule has 0 aliphatic carbocycles. The quantitative estimate of drug-likeness (QED) is 0.176. The molecule has 0 aliphatic heterocycles. The number of ether oxygens (including phenoxy) is 3. The molecule has 2 heterocycles. The number of halogens is 2. The highest BCUT2D eigenvalue weighted by molar-refractivity contribution is 5.94. The summed E-state index contributed by atoms with van der Waals surface area (Å²) in [4.78, 5) is 13.0. The van der Waals surface area contributed by atoms with Gasteiger partial charge in [-0.05, 0) is 76.0 Å². The number of nitrogens with two attached hydrogens (primary N) is 1. The van der Waals surface area contributed by atoms with E-state index in [4.69, 9.17) is 19.9 Å². The highest BCUT2D eigenvalue weighted by Crippen LogP contribution is 2.28. The van der Waals surface area contributed by atoms with Crippen molar-refractivity contribution >= 4 is 17.9 Å². The van der Waals surface area contributed by atoms with Crippen LogP contribution < -0.4 is 25.4 Å². The van der Waals surface area contributed by atoms with Gasteiger partial charge in [0.15, 0.2) is 17.2 Å². The number of anilines is 1. The largest absolute Gasteiger partial charge is 0.493 e. The lowest BCUT2D eigenvalue weighted by Crippen LogP contribution is -2.21. The molecule has 1 amide bonds. The van der Waals surface area contributed by atoms with E-state index >= 15 is 0 Å². The molecule has 13 nitrogen and oxygen atoms in total. The fourth-order valence-electron chi connectivity index (χ4n) is 3.64. The van der Waals surface area contributed by atoms with Gasteiger partial charge in [0.1, 0.15) is 36.3 Å². The van der Waals surface area contributed by atoms with E-state index in [2.05, 4.69) is 35.8 Å². The van der Waals surface area contributed by atoms with Gasteiger partial charge in [0, 0.05) is 0 Å². The van der Waals surface area contributed by atoms with E-state index < -0.39 is 11.7 Å². The maximum atomic E-state index is 13.3. The Morgan fingerprint density at radius 3 is 2.43 bits per heavy atom. The number of nitrogens with one attached hydrogen (secondary N) is 1. The van der Waals surface area contributed by atoms with E-state index in [1.165, 1.54) is 49.7 Å². The number of carbonyl (C=O) groups excluding carboxylic acids is 1. The summed E-state index contributed by atoms with van der Waals surface area (Å²) in [6.07, 6.45) is 1.39. The number of benzene rings is 3. The Bertz CT molecular complexity index is 1700. The average molecular weight is 577 g/mol. The Kier molecular flexibility index (Phi) is 8.27. The topological polar surface area (TPSA) is 165 Å². The van der Waals surface area contributed by atoms with E-state index in [9.17, 15) is 13.6 Å². The van der Waals surface area contributed by atoms with Crippen molar-refractivity contribution in [2.75, 3.05) is 12.8 Å². The number of amides is 1. The molecule has 0 unspecified atom stereocenters. The van der Waals surface area contributed by atoms with Gasteiger partial charge in [-0.15, -0.1) is 5.10 Å². The zero-order valence-corrected chi connectivity index (χ0v) is 21.9. The number of nitrogens with zero attached hydrogens (tertiary/aromatic N) is 6. The van der Waals surface area contributed by atoms with Crippen LogP contribution in [0.3, 0.4) is 0 Å². The summed E-state index contributed by atoms with van der Waals surface area (Å²) in [5.74, 6) is -0.346. The lowest BCUT2D eigenvalue weighted by molar-refractivity contribution is 0.0947. The second kappa shape index (κ2) is 12.5. The van der Waals surface area contributed by atoms with Crippen molar-refractivity contribution in [3.8, 4) is 23.1 Å². The molecule has 3 aromatic carbocycles. The summed E-state index contributed by atoms with van der Waals surface area (Å²) in [6, 6.07) is 16.3. The third-order valence-electron chi connectivity index (χ3n) is 5.74. The van der Waals surface area contributed by atoms with Crippen molar-refractivity contribution in [3.63, 3.8) is 0 Å². The van der Waals surface area contributed by atoms with Crippen LogP contribution in [0.15, 0.2) is 76.5 Å². The summed E-state index contributed by atoms with van der Waals surface area (Å²) < 4.78 is 49.1. The molecule has 5 aromatic rings. The molecule has 15 heteroatoms. The number of aromatic nitrogens is 5. The first kappa shape index (κ1) is 27.7. The van der Waals surface area contributed by atoms with Crippen molar-refractivity contribution in [1.82, 2.24) is 30.7 Å². The SMILES string of the molecule is COc1cc(/C=N\NC(=O)c2nnn(-c3nonc3N)c2COc2ccc(F)cc2)ccc1OCc1ccc(F)cc1. The summed E-state index contributed by atoms with van der Waals surface area (Å²) in [7, 11) is 1.48. The molecule has 5 rings (SSSR count). The molecular weight excluding hydrogens is 554 g/mol. The first-order valence-electron chi connectivity index (χ1n) is 12.2. The van der Waals surface area contributed by atoms with E-state index in [1.807, 2.05) is 0 Å². The number of nitrogen functional groups attached to an aromatic ring is 1. The van der Waals surface area contributed by atoms with E-state index in [0.29, 0.717) is 22.8 Å². The fourth-order valence-corrected chi connectivity index (χ4v) is 3.64. The van der Waals surface area contributed by atoms with Gasteiger partial charge in [-0.1, -0.05) is 17.3 Å². The Morgan fingerprint density at radius 1 is 1.00 bits per heavy atom. The number of hydrogen-bond acceptors (Lipinski definition) is 11. The highest BCUT2D eigenvalue weighted by Gasteiger charge is 2.24. The van der Waals surface area contributed by atoms with Gasteiger partial charge in [0.2, 0.25) is 11.6 Å². The van der Waals surface area contributed by atoms with Gasteiger partial charge >= 0.3 is 0 Å². The maximum absolute atomic E-state index is 13.3. The molecular formula is C27H22F2N8O5. The van der Waals surface area contributed by atoms with Gasteiger partial charge < -0.3 is 19.9 Å². The third-order valence-corrected chi connectivity index (χ3v) is 5.74. The first-order chi connectivity index (χ1) is 20.4. The molecule has 0 spiro atoms. The van der Waals surface area contributed by atoms with Gasteiger partial charge in [-0.25, -0.2) is 18.8 Å². The molecule has 0 radical (unpaired) electrons. The van der Waals surface area contributed by atoms with Crippen LogP contribution in [0.4, 0.5) is 14.6 Å². The number of methoxy groups -OCH3 is 1. The molecule has 0 bridgehead atoms. The minimum atomic E-state index is -0.712. The smallest absolute Gasteiger partial charge is 0.293 e. The second-order valence-electron chi connectivity index (χ2n) is 8.54. The van der Waals surface area contributed by atoms with E-state index in [1.54, 1.807) is 30.3 Å². The van der Waals surface area contributed by atoms with E-state index in [-0.39, 0.29) is 42.1 Å². The predicted octanol–water partition coefficient (Wildman–Crippen LogP) is 3.44. The molecule has 0 fully saturated rings. The van der Waals surface area contributed by atoms with Crippen LogP contribution in [0.1, 0.15) is 27.3 Å². The predicted molar refractivity (Wildman–Crippen MR) is 143 cm³/mol. The number of hydrazone groups is 1. The van der Waals surface area contributed by atoms with Crippen molar-refractivity contribution in [2.24, 2.45) is 5.10 Å². The molecule has 0 aliphatic rings. The lowest BCUT2D eigenvalue weighted by Gasteiger charge is -2.11. The molecule has 0 saturated heterocycles. The van der Waals surface area contributed by atoms with Crippen molar-refractivity contribution in [3.05, 3.63) is 101 Å². The lowest BCUT2D eigenvalue weighted by atomic mass is 10.2. The van der Waals surface area contributed by atoms with Gasteiger partial charge in [0.05, 0.1) is 13.3 Å². The molecule has 3 N–H and O–H groups in total. The number of carbonyl (C=O) groups is 1. The van der Waals surface area contributed by atoms with Gasteiger partial charge in [0.25, 0.3) is 5.91 Å². The van der Waals surface area contributed by atoms with Gasteiger partial charge in [-0.3, -0.25) is 4.79 Å². The minimum Gasteiger partial charge on any atom is -0.493 e. The summed E-state index contributed by atoms with van der Waals surface area (Å²) in [5.41, 5.74) is 9.56. The van der Waals surface area contributed by atoms with Crippen LogP contribution in [0.5, 0.6) is 17.2 Å². The zero-order valence-electron chi connectivity index (χ0n) is 21.9. The van der Waals surface area contributed by atoms with Crippen LogP contribution in [-0.4, -0.2) is 44.5 Å². The van der Waals surface area contributed by atoms with E-state index in [0.717, 1.165) is 10.2 Å². The summed E-state index contributed by atoms with van der Waals surface area (Å²) in [5, 5.41) is 19.1. The van der Waals surface area contributed by atoms with Crippen LogP contribution in [0.2, 0.25) is 0 Å². The average Bonchev–Trinajstić information content (AvgIpc) is 3.62. The Hall–Kier alpha value is -5.86. The minimum absolute atomic E-state index is 0.00316. The zero-order chi connectivity index (χ0) is 29.5. The standard InChI is InChI=1S/C27H22F2N8O5/c1-39-23-12-17(4-11-22(23)41-14-16-2-5-18(28)6-3-16)13-31-33-27(38)24-21(15-40-20-9-7-19(29)8-10-20)37(36-32-24)26-25(30)34-42-35-26/h2-13H,14-15H2,1H3,(H2,30,34)(H,33,38)/b31-13-. The van der Waals surface area contributed by atoms with Crippen molar-refractivity contribution in [2.45, 2.75) is 13.2 Å². The van der Waals surface area contributed by atoms with Crippen LogP contribution in [0.25, 0.3) is 5.82 Å². The molecule has 42 heavy (non-hydrogen) atoms. The van der Waals surface area contributed by atoms with Gasteiger partial charge in [-0.2, -0.15) is 9.78 Å².